The number of hydrogen-bond donors (Lipinski definition) is 0. The zero-order valence-electron chi connectivity index (χ0n) is 16.2. The van der Waals surface area contributed by atoms with Crippen LogP contribution >= 0.6 is 0 Å². The van der Waals surface area contributed by atoms with Gasteiger partial charge in [0.1, 0.15) is 0 Å². The second kappa shape index (κ2) is 9.60. The molecule has 1 amide bonds. The molecule has 144 valence electrons. The first kappa shape index (κ1) is 19.5. The summed E-state index contributed by atoms with van der Waals surface area (Å²) in [5, 5.41) is 0. The number of rotatable bonds is 8. The van der Waals surface area contributed by atoms with Gasteiger partial charge in [-0.25, -0.2) is 0 Å². The lowest BCUT2D eigenvalue weighted by atomic mass is 9.97. The van der Waals surface area contributed by atoms with Gasteiger partial charge in [0.05, 0.1) is 12.6 Å². The molecule has 4 nitrogen and oxygen atoms in total. The van der Waals surface area contributed by atoms with E-state index >= 15 is 0 Å². The van der Waals surface area contributed by atoms with Crippen molar-refractivity contribution < 1.29 is 14.3 Å². The highest BCUT2D eigenvalue weighted by Crippen LogP contribution is 2.29. The Morgan fingerprint density at radius 1 is 0.786 bits per heavy atom. The van der Waals surface area contributed by atoms with E-state index in [0.29, 0.717) is 18.1 Å². The highest BCUT2D eigenvalue weighted by atomic mass is 16.5. The molecule has 3 aromatic carbocycles. The highest BCUT2D eigenvalue weighted by Gasteiger charge is 2.23. The summed E-state index contributed by atoms with van der Waals surface area (Å²) in [5.41, 5.74) is 2.11. The molecule has 0 bridgehead atoms. The third kappa shape index (κ3) is 4.71. The summed E-state index contributed by atoms with van der Waals surface area (Å²) in [4.78, 5) is 14.7. The molecule has 0 saturated heterocycles. The van der Waals surface area contributed by atoms with Crippen molar-refractivity contribution >= 4 is 5.91 Å². The van der Waals surface area contributed by atoms with E-state index in [0.717, 1.165) is 11.1 Å². The van der Waals surface area contributed by atoms with Crippen molar-refractivity contribution in [3.8, 4) is 11.5 Å². The maximum atomic E-state index is 12.9. The van der Waals surface area contributed by atoms with E-state index in [2.05, 4.69) is 0 Å². The quantitative estimate of drug-likeness (QED) is 0.572. The van der Waals surface area contributed by atoms with Gasteiger partial charge < -0.3 is 14.4 Å². The van der Waals surface area contributed by atoms with Gasteiger partial charge in [0.25, 0.3) is 5.91 Å². The Bertz CT molecular complexity index is 841. The molecule has 0 atom stereocenters. The molecule has 0 radical (unpaired) electrons. The second-order valence-corrected chi connectivity index (χ2v) is 6.40. The first-order valence-corrected chi connectivity index (χ1v) is 9.41. The number of ether oxygens (including phenoxy) is 2. The van der Waals surface area contributed by atoms with E-state index in [1.165, 1.54) is 0 Å². The van der Waals surface area contributed by atoms with Crippen LogP contribution in [0.25, 0.3) is 0 Å². The first-order chi connectivity index (χ1) is 13.7. The van der Waals surface area contributed by atoms with Crippen molar-refractivity contribution in [2.24, 2.45) is 0 Å². The molecule has 0 fully saturated rings. The van der Waals surface area contributed by atoms with Gasteiger partial charge in [-0.1, -0.05) is 72.8 Å². The molecule has 0 saturated carbocycles. The van der Waals surface area contributed by atoms with Crippen molar-refractivity contribution in [3.63, 3.8) is 0 Å². The van der Waals surface area contributed by atoms with Crippen molar-refractivity contribution in [1.82, 2.24) is 4.90 Å². The fourth-order valence-corrected chi connectivity index (χ4v) is 3.14. The Kier molecular flexibility index (Phi) is 6.68. The molecule has 0 N–H and O–H groups in total. The summed E-state index contributed by atoms with van der Waals surface area (Å²) < 4.78 is 11.3. The summed E-state index contributed by atoms with van der Waals surface area (Å²) in [6, 6.07) is 27.2. The molecule has 0 aliphatic rings. The molecule has 0 unspecified atom stereocenters. The van der Waals surface area contributed by atoms with Crippen molar-refractivity contribution in [2.45, 2.75) is 13.0 Å². The molecule has 3 rings (SSSR count). The lowest BCUT2D eigenvalue weighted by Crippen LogP contribution is -2.35. The minimum Gasteiger partial charge on any atom is -0.490 e. The fourth-order valence-electron chi connectivity index (χ4n) is 3.14. The third-order valence-electron chi connectivity index (χ3n) is 4.51. The van der Waals surface area contributed by atoms with E-state index in [1.807, 2.05) is 98.9 Å². The van der Waals surface area contributed by atoms with Crippen LogP contribution in [0.3, 0.4) is 0 Å². The van der Waals surface area contributed by atoms with Crippen LogP contribution < -0.4 is 9.47 Å². The number of para-hydroxylation sites is 2. The molecule has 0 heterocycles. The molecular weight excluding hydrogens is 350 g/mol. The van der Waals surface area contributed by atoms with Crippen LogP contribution in [0.4, 0.5) is 0 Å². The van der Waals surface area contributed by atoms with Gasteiger partial charge in [0, 0.05) is 7.05 Å². The number of carbonyl (C=O) groups excluding carboxylic acids is 1. The molecular formula is C24H25NO3. The smallest absolute Gasteiger partial charge is 0.261 e. The van der Waals surface area contributed by atoms with E-state index in [4.69, 9.17) is 9.47 Å². The zero-order chi connectivity index (χ0) is 19.8. The SMILES string of the molecule is CCOc1ccccc1OCC(=O)N(C)C(c1ccccc1)c1ccccc1. The molecule has 28 heavy (non-hydrogen) atoms. The highest BCUT2D eigenvalue weighted by molar-refractivity contribution is 5.78. The monoisotopic (exact) mass is 375 g/mol. The van der Waals surface area contributed by atoms with Crippen LogP contribution in [0.1, 0.15) is 24.1 Å². The standard InChI is InChI=1S/C24H25NO3/c1-3-27-21-16-10-11-17-22(21)28-18-23(26)25(2)24(19-12-6-4-7-13-19)20-14-8-5-9-15-20/h4-17,24H,3,18H2,1-2H3. The summed E-state index contributed by atoms with van der Waals surface area (Å²) in [6.45, 7) is 2.40. The fraction of sp³-hybridized carbons (Fsp3) is 0.208. The number of amides is 1. The predicted molar refractivity (Wildman–Crippen MR) is 111 cm³/mol. The summed E-state index contributed by atoms with van der Waals surface area (Å²) >= 11 is 0. The number of carbonyl (C=O) groups is 1. The minimum absolute atomic E-state index is 0.0588. The van der Waals surface area contributed by atoms with Gasteiger partial charge in [-0.15, -0.1) is 0 Å². The molecule has 0 aliphatic carbocycles. The van der Waals surface area contributed by atoms with Gasteiger partial charge in [0.2, 0.25) is 0 Å². The van der Waals surface area contributed by atoms with Crippen LogP contribution in [0, 0.1) is 0 Å². The number of likely N-dealkylation sites (N-methyl/N-ethyl adjacent to an activating group) is 1. The third-order valence-corrected chi connectivity index (χ3v) is 4.51. The second-order valence-electron chi connectivity index (χ2n) is 6.40. The number of hydrogen-bond acceptors (Lipinski definition) is 3. The van der Waals surface area contributed by atoms with Crippen molar-refractivity contribution in [3.05, 3.63) is 96.1 Å². The Morgan fingerprint density at radius 3 is 1.75 bits per heavy atom. The van der Waals surface area contributed by atoms with Crippen LogP contribution in [0.2, 0.25) is 0 Å². The van der Waals surface area contributed by atoms with Crippen molar-refractivity contribution in [2.75, 3.05) is 20.3 Å². The van der Waals surface area contributed by atoms with Gasteiger partial charge in [-0.2, -0.15) is 0 Å². The Balaban J connectivity index is 1.78. The van der Waals surface area contributed by atoms with Gasteiger partial charge >= 0.3 is 0 Å². The Labute approximate surface area is 166 Å². The lowest BCUT2D eigenvalue weighted by molar-refractivity contribution is -0.133. The normalized spacial score (nSPS) is 10.5. The molecule has 0 aromatic heterocycles. The lowest BCUT2D eigenvalue weighted by Gasteiger charge is -2.29. The predicted octanol–water partition coefficient (Wildman–Crippen LogP) is 4.71. The minimum atomic E-state index is -0.180. The number of nitrogens with zero attached hydrogens (tertiary/aromatic N) is 1. The van der Waals surface area contributed by atoms with Crippen LogP contribution in [-0.4, -0.2) is 31.1 Å². The summed E-state index contributed by atoms with van der Waals surface area (Å²) in [6.07, 6.45) is 0. The zero-order valence-corrected chi connectivity index (χ0v) is 16.2. The largest absolute Gasteiger partial charge is 0.490 e. The Morgan fingerprint density at radius 2 is 1.25 bits per heavy atom. The van der Waals surface area contributed by atoms with Crippen LogP contribution in [0.15, 0.2) is 84.9 Å². The maximum Gasteiger partial charge on any atom is 0.261 e. The average Bonchev–Trinajstić information content (AvgIpc) is 2.75. The van der Waals surface area contributed by atoms with Crippen molar-refractivity contribution in [1.29, 1.82) is 0 Å². The van der Waals surface area contributed by atoms with Gasteiger partial charge in [-0.3, -0.25) is 4.79 Å². The topological polar surface area (TPSA) is 38.8 Å². The van der Waals surface area contributed by atoms with Gasteiger partial charge in [-0.05, 0) is 30.2 Å². The number of benzene rings is 3. The molecule has 0 spiro atoms. The van der Waals surface area contributed by atoms with Crippen LogP contribution in [0.5, 0.6) is 11.5 Å². The van der Waals surface area contributed by atoms with Crippen LogP contribution in [-0.2, 0) is 4.79 Å². The summed E-state index contributed by atoms with van der Waals surface area (Å²) in [5.74, 6) is 1.11. The van der Waals surface area contributed by atoms with E-state index in [-0.39, 0.29) is 18.6 Å². The average molecular weight is 375 g/mol. The summed E-state index contributed by atoms with van der Waals surface area (Å²) in [7, 11) is 1.81. The molecule has 3 aromatic rings. The first-order valence-electron chi connectivity index (χ1n) is 9.41. The van der Waals surface area contributed by atoms with Gasteiger partial charge in [0.15, 0.2) is 18.1 Å². The maximum absolute atomic E-state index is 12.9. The molecule has 4 heteroatoms. The Hall–Kier alpha value is -3.27. The van der Waals surface area contributed by atoms with E-state index < -0.39 is 0 Å². The molecule has 0 aliphatic heterocycles. The van der Waals surface area contributed by atoms with E-state index in [1.54, 1.807) is 4.90 Å². The van der Waals surface area contributed by atoms with E-state index in [9.17, 15) is 4.79 Å².